The summed E-state index contributed by atoms with van der Waals surface area (Å²) in [6, 6.07) is 18.7. The molecule has 0 amide bonds. The number of ether oxygens (including phenoxy) is 2. The Morgan fingerprint density at radius 3 is 2.27 bits per heavy atom. The summed E-state index contributed by atoms with van der Waals surface area (Å²) in [4.78, 5) is 25.1. The monoisotopic (exact) mass is 487 g/mol. The van der Waals surface area contributed by atoms with Crippen LogP contribution in [-0.4, -0.2) is 40.4 Å². The van der Waals surface area contributed by atoms with Crippen molar-refractivity contribution >= 4 is 39.1 Å². The molecular formula is C24H22ClNO6S. The van der Waals surface area contributed by atoms with Gasteiger partial charge in [-0.3, -0.25) is 9.10 Å². The molecule has 0 bridgehead atoms. The van der Waals surface area contributed by atoms with Gasteiger partial charge in [0.2, 0.25) is 5.78 Å². The third kappa shape index (κ3) is 5.18. The first-order chi connectivity index (χ1) is 15.7. The van der Waals surface area contributed by atoms with Gasteiger partial charge in [-0.2, -0.15) is 0 Å². The van der Waals surface area contributed by atoms with E-state index in [1.165, 1.54) is 33.2 Å². The van der Waals surface area contributed by atoms with Crippen LogP contribution < -0.4 is 9.04 Å². The summed E-state index contributed by atoms with van der Waals surface area (Å²) in [6.07, 6.45) is -1.09. The Bertz CT molecular complexity index is 1280. The van der Waals surface area contributed by atoms with Crippen LogP contribution in [0, 0.1) is 0 Å². The average Bonchev–Trinajstić information content (AvgIpc) is 2.83. The topological polar surface area (TPSA) is 90.0 Å². The number of benzene rings is 3. The van der Waals surface area contributed by atoms with Gasteiger partial charge < -0.3 is 9.47 Å². The maximum Gasteiger partial charge on any atom is 0.340 e. The fourth-order valence-corrected chi connectivity index (χ4v) is 4.54. The molecule has 1 atom stereocenters. The number of methoxy groups -OCH3 is 1. The first-order valence-electron chi connectivity index (χ1n) is 9.88. The molecule has 0 aromatic heterocycles. The van der Waals surface area contributed by atoms with Crippen LogP contribution in [0.15, 0.2) is 77.7 Å². The molecule has 0 aliphatic carbocycles. The Kier molecular flexibility index (Phi) is 7.40. The number of sulfonamides is 1. The van der Waals surface area contributed by atoms with Crippen molar-refractivity contribution in [3.8, 4) is 5.75 Å². The van der Waals surface area contributed by atoms with Crippen LogP contribution in [0.25, 0.3) is 0 Å². The van der Waals surface area contributed by atoms with Gasteiger partial charge in [0.15, 0.2) is 6.10 Å². The predicted octanol–water partition coefficient (Wildman–Crippen LogP) is 4.60. The van der Waals surface area contributed by atoms with Crippen molar-refractivity contribution in [2.24, 2.45) is 0 Å². The predicted molar refractivity (Wildman–Crippen MR) is 126 cm³/mol. The van der Waals surface area contributed by atoms with Gasteiger partial charge in [-0.05, 0) is 37.3 Å². The molecular weight excluding hydrogens is 466 g/mol. The summed E-state index contributed by atoms with van der Waals surface area (Å²) in [6.45, 7) is 1.44. The van der Waals surface area contributed by atoms with E-state index in [0.29, 0.717) is 17.0 Å². The van der Waals surface area contributed by atoms with Crippen molar-refractivity contribution in [3.05, 3.63) is 88.9 Å². The van der Waals surface area contributed by atoms with Crippen molar-refractivity contribution in [1.29, 1.82) is 0 Å². The Balaban J connectivity index is 1.88. The van der Waals surface area contributed by atoms with Gasteiger partial charge in [-0.1, -0.05) is 54.1 Å². The van der Waals surface area contributed by atoms with Crippen molar-refractivity contribution in [2.45, 2.75) is 17.9 Å². The van der Waals surface area contributed by atoms with E-state index in [0.717, 1.165) is 10.4 Å². The average molecular weight is 488 g/mol. The van der Waals surface area contributed by atoms with Crippen LogP contribution in [0.1, 0.15) is 27.6 Å². The molecule has 9 heteroatoms. The van der Waals surface area contributed by atoms with Crippen LogP contribution in [0.5, 0.6) is 5.75 Å². The number of Topliss-reactive ketones (excluding diaryl/α,β-unsaturated/α-hetero) is 1. The summed E-state index contributed by atoms with van der Waals surface area (Å²) in [5.41, 5.74) is 0.540. The third-order valence-corrected chi connectivity index (χ3v) is 7.05. The Morgan fingerprint density at radius 1 is 0.970 bits per heavy atom. The number of halogens is 1. The van der Waals surface area contributed by atoms with Gasteiger partial charge in [0.25, 0.3) is 10.0 Å². The maximum atomic E-state index is 13.2. The molecule has 0 N–H and O–H groups in total. The molecule has 3 rings (SSSR count). The van der Waals surface area contributed by atoms with E-state index >= 15 is 0 Å². The highest BCUT2D eigenvalue weighted by Gasteiger charge is 2.27. The number of ketones is 1. The normalized spacial score (nSPS) is 12.0. The van der Waals surface area contributed by atoms with Gasteiger partial charge in [-0.15, -0.1) is 0 Å². The number of rotatable bonds is 8. The Hall–Kier alpha value is -3.36. The first-order valence-corrected chi connectivity index (χ1v) is 11.7. The molecule has 0 aliphatic rings. The van der Waals surface area contributed by atoms with Crippen LogP contribution in [-0.2, 0) is 14.8 Å². The molecule has 0 spiro atoms. The summed E-state index contributed by atoms with van der Waals surface area (Å²) < 4.78 is 38.0. The van der Waals surface area contributed by atoms with Crippen molar-refractivity contribution in [2.75, 3.05) is 18.5 Å². The minimum atomic E-state index is -4.07. The highest BCUT2D eigenvalue weighted by atomic mass is 35.5. The lowest BCUT2D eigenvalue weighted by molar-refractivity contribution is 0.0318. The highest BCUT2D eigenvalue weighted by molar-refractivity contribution is 7.92. The minimum absolute atomic E-state index is 0.00162. The molecule has 7 nitrogen and oxygen atoms in total. The molecule has 3 aromatic carbocycles. The lowest BCUT2D eigenvalue weighted by atomic mass is 10.1. The zero-order valence-electron chi connectivity index (χ0n) is 18.2. The zero-order chi connectivity index (χ0) is 24.2. The van der Waals surface area contributed by atoms with Crippen molar-refractivity contribution in [3.63, 3.8) is 0 Å². The number of carbonyl (C=O) groups is 2. The second kappa shape index (κ2) is 10.1. The van der Waals surface area contributed by atoms with Crippen molar-refractivity contribution < 1.29 is 27.5 Å². The summed E-state index contributed by atoms with van der Waals surface area (Å²) in [5, 5.41) is -0.00162. The first kappa shape index (κ1) is 24.3. The number of para-hydroxylation sites is 2. The number of anilines is 1. The minimum Gasteiger partial charge on any atom is -0.495 e. The molecule has 33 heavy (non-hydrogen) atoms. The lowest BCUT2D eigenvalue weighted by Gasteiger charge is -2.22. The van der Waals surface area contributed by atoms with E-state index in [-0.39, 0.29) is 21.3 Å². The van der Waals surface area contributed by atoms with E-state index in [2.05, 4.69) is 0 Å². The number of nitrogens with zero attached hydrogens (tertiary/aromatic N) is 1. The van der Waals surface area contributed by atoms with E-state index in [1.807, 2.05) is 0 Å². The quantitative estimate of drug-likeness (QED) is 0.340. The summed E-state index contributed by atoms with van der Waals surface area (Å²) in [5.74, 6) is -0.932. The standard InChI is InChI=1S/C24H22ClNO6S/c1-16(23(27)17-9-5-4-6-10-17)32-24(28)19-15-18(13-14-20(19)25)33(29,30)26(2)21-11-7-8-12-22(21)31-3/h4-16H,1-3H3/t16-/m0/s1. The van der Waals surface area contributed by atoms with E-state index < -0.39 is 22.1 Å². The lowest BCUT2D eigenvalue weighted by Crippen LogP contribution is -2.27. The number of hydrogen-bond donors (Lipinski definition) is 0. The third-order valence-electron chi connectivity index (χ3n) is 4.95. The molecule has 0 heterocycles. The van der Waals surface area contributed by atoms with Crippen LogP contribution in [0.4, 0.5) is 5.69 Å². The van der Waals surface area contributed by atoms with Gasteiger partial charge in [0, 0.05) is 12.6 Å². The van der Waals surface area contributed by atoms with Gasteiger partial charge in [0.1, 0.15) is 5.75 Å². The van der Waals surface area contributed by atoms with Gasteiger partial charge in [0.05, 0.1) is 28.3 Å². The Labute approximate surface area is 197 Å². The molecule has 0 saturated heterocycles. The largest absolute Gasteiger partial charge is 0.495 e. The van der Waals surface area contributed by atoms with E-state index in [9.17, 15) is 18.0 Å². The fourth-order valence-electron chi connectivity index (χ4n) is 3.11. The zero-order valence-corrected chi connectivity index (χ0v) is 19.8. The SMILES string of the molecule is COc1ccccc1N(C)S(=O)(=O)c1ccc(Cl)c(C(=O)O[C@@H](C)C(=O)c2ccccc2)c1. The fraction of sp³-hybridized carbons (Fsp3) is 0.167. The van der Waals surface area contributed by atoms with Gasteiger partial charge in [-0.25, -0.2) is 13.2 Å². The van der Waals surface area contributed by atoms with E-state index in [1.54, 1.807) is 54.6 Å². The number of esters is 1. The molecule has 3 aromatic rings. The second-order valence-corrected chi connectivity index (χ2v) is 9.44. The summed E-state index contributed by atoms with van der Waals surface area (Å²) in [7, 11) is -1.25. The molecule has 0 saturated carbocycles. The number of carbonyl (C=O) groups excluding carboxylic acids is 2. The van der Waals surface area contributed by atoms with Gasteiger partial charge >= 0.3 is 5.97 Å². The van der Waals surface area contributed by atoms with Crippen LogP contribution in [0.2, 0.25) is 5.02 Å². The van der Waals surface area contributed by atoms with Crippen LogP contribution in [0.3, 0.4) is 0 Å². The smallest absolute Gasteiger partial charge is 0.340 e. The van der Waals surface area contributed by atoms with Crippen molar-refractivity contribution in [1.82, 2.24) is 0 Å². The number of hydrogen-bond acceptors (Lipinski definition) is 6. The van der Waals surface area contributed by atoms with Crippen LogP contribution >= 0.6 is 11.6 Å². The second-order valence-electron chi connectivity index (χ2n) is 7.06. The Morgan fingerprint density at radius 2 is 1.61 bits per heavy atom. The van der Waals surface area contributed by atoms with E-state index in [4.69, 9.17) is 21.1 Å². The molecule has 0 fully saturated rings. The molecule has 0 aliphatic heterocycles. The summed E-state index contributed by atoms with van der Waals surface area (Å²) >= 11 is 6.15. The highest BCUT2D eigenvalue weighted by Crippen LogP contribution is 2.32. The maximum absolute atomic E-state index is 13.2. The molecule has 0 radical (unpaired) electrons. The molecule has 172 valence electrons. The molecule has 0 unspecified atom stereocenters.